The van der Waals surface area contributed by atoms with Crippen LogP contribution >= 0.6 is 0 Å². The van der Waals surface area contributed by atoms with Crippen LogP contribution in [-0.2, 0) is 25.8 Å². The van der Waals surface area contributed by atoms with E-state index < -0.39 is 0 Å². The molecule has 2 aromatic carbocycles. The molecule has 1 atom stereocenters. The van der Waals surface area contributed by atoms with Gasteiger partial charge in [0.2, 0.25) is 0 Å². The van der Waals surface area contributed by atoms with Crippen LogP contribution in [0.25, 0.3) is 11.1 Å². The average Bonchev–Trinajstić information content (AvgIpc) is 3.26. The van der Waals surface area contributed by atoms with E-state index >= 15 is 0 Å². The zero-order chi connectivity index (χ0) is 16.6. The van der Waals surface area contributed by atoms with Gasteiger partial charge in [-0.3, -0.25) is 0 Å². The molecular formula is C24H24Hf. The topological polar surface area (TPSA) is 0 Å². The summed E-state index contributed by atoms with van der Waals surface area (Å²) in [6.07, 6.45) is 13.4. The molecule has 0 radical (unpaired) electrons. The molecule has 0 nitrogen and oxygen atoms in total. The third kappa shape index (κ3) is 2.97. The molecule has 124 valence electrons. The first-order valence-corrected chi connectivity index (χ1v) is 8.90. The van der Waals surface area contributed by atoms with Gasteiger partial charge in [0, 0.05) is 37.7 Å². The van der Waals surface area contributed by atoms with Gasteiger partial charge in [-0.2, -0.15) is 0 Å². The molecule has 2 aromatic rings. The quantitative estimate of drug-likeness (QED) is 0.331. The summed E-state index contributed by atoms with van der Waals surface area (Å²) in [5, 5.41) is 0. The molecule has 0 saturated heterocycles. The fraction of sp³-hybridized carbons (Fsp3) is 0.250. The summed E-state index contributed by atoms with van der Waals surface area (Å²) in [5.74, 6) is 0.906. The van der Waals surface area contributed by atoms with Crippen molar-refractivity contribution in [3.8, 4) is 11.1 Å². The van der Waals surface area contributed by atoms with E-state index in [0.717, 1.165) is 12.8 Å². The van der Waals surface area contributed by atoms with Crippen molar-refractivity contribution in [1.82, 2.24) is 0 Å². The van der Waals surface area contributed by atoms with Gasteiger partial charge in [-0.25, -0.2) is 0 Å². The maximum Gasteiger partial charge on any atom is 0.0164 e. The molecule has 0 aromatic heterocycles. The molecule has 2 aliphatic carbocycles. The Morgan fingerprint density at radius 3 is 1.96 bits per heavy atom. The normalized spacial score (nSPS) is 17.6. The third-order valence-electron chi connectivity index (χ3n) is 5.89. The molecule has 0 fully saturated rings. The Balaban J connectivity index is 0.00000182. The van der Waals surface area contributed by atoms with Crippen LogP contribution in [-0.4, -0.2) is 0 Å². The Kier molecular flexibility index (Phi) is 5.44. The van der Waals surface area contributed by atoms with Crippen LogP contribution in [0.15, 0.2) is 85.5 Å². The summed E-state index contributed by atoms with van der Waals surface area (Å²) in [6, 6.07) is 17.9. The second-order valence-corrected chi connectivity index (χ2v) is 7.24. The molecule has 0 spiro atoms. The van der Waals surface area contributed by atoms with Crippen molar-refractivity contribution >= 4 is 0 Å². The van der Waals surface area contributed by atoms with Crippen molar-refractivity contribution in [2.24, 2.45) is 11.3 Å². The molecule has 0 aliphatic heterocycles. The molecule has 0 amide bonds. The van der Waals surface area contributed by atoms with E-state index in [4.69, 9.17) is 0 Å². The van der Waals surface area contributed by atoms with Gasteiger partial charge in [-0.05, 0) is 40.5 Å². The molecule has 2 aliphatic rings. The average molecular weight is 491 g/mol. The van der Waals surface area contributed by atoms with Crippen molar-refractivity contribution in [3.05, 3.63) is 96.6 Å². The van der Waals surface area contributed by atoms with Crippen LogP contribution in [0.2, 0.25) is 0 Å². The Morgan fingerprint density at radius 2 is 1.44 bits per heavy atom. The smallest absolute Gasteiger partial charge is 0.0164 e. The first-order chi connectivity index (χ1) is 11.8. The Hall–Kier alpha value is -1.47. The van der Waals surface area contributed by atoms with Gasteiger partial charge in [0.15, 0.2) is 0 Å². The van der Waals surface area contributed by atoms with Crippen molar-refractivity contribution in [2.75, 3.05) is 0 Å². The molecule has 1 unspecified atom stereocenters. The van der Waals surface area contributed by atoms with Crippen molar-refractivity contribution in [3.63, 3.8) is 0 Å². The molecule has 1 heteroatoms. The van der Waals surface area contributed by atoms with Gasteiger partial charge in [0.05, 0.1) is 0 Å². The summed E-state index contributed by atoms with van der Waals surface area (Å²) in [7, 11) is 0. The predicted octanol–water partition coefficient (Wildman–Crippen LogP) is 6.51. The van der Waals surface area contributed by atoms with E-state index in [2.05, 4.69) is 92.4 Å². The zero-order valence-electron chi connectivity index (χ0n) is 14.8. The first kappa shape index (κ1) is 18.3. The maximum atomic E-state index is 3.97. The Bertz CT molecular complexity index is 772. The SMILES string of the molecule is C=CCCC(C)(C1C=CC=C1)C1c2ccccc2-c2ccccc21.[Hf]. The van der Waals surface area contributed by atoms with Gasteiger partial charge < -0.3 is 0 Å². The van der Waals surface area contributed by atoms with E-state index in [1.165, 1.54) is 22.3 Å². The molecule has 0 N–H and O–H groups in total. The second kappa shape index (κ2) is 7.41. The molecular weight excluding hydrogens is 467 g/mol. The summed E-state index contributed by atoms with van der Waals surface area (Å²) < 4.78 is 0. The summed E-state index contributed by atoms with van der Waals surface area (Å²) in [4.78, 5) is 0. The minimum atomic E-state index is 0. The van der Waals surface area contributed by atoms with Gasteiger partial charge in [-0.1, -0.05) is 85.8 Å². The minimum Gasteiger partial charge on any atom is -0.103 e. The van der Waals surface area contributed by atoms with E-state index in [1.54, 1.807) is 0 Å². The number of rotatable bonds is 5. The molecule has 25 heavy (non-hydrogen) atoms. The van der Waals surface area contributed by atoms with E-state index in [-0.39, 0.29) is 31.3 Å². The molecule has 4 rings (SSSR count). The summed E-state index contributed by atoms with van der Waals surface area (Å²) in [5.41, 5.74) is 5.95. The number of fused-ring (bicyclic) bond motifs is 3. The van der Waals surface area contributed by atoms with Crippen LogP contribution in [0.1, 0.15) is 36.8 Å². The maximum absolute atomic E-state index is 3.97. The van der Waals surface area contributed by atoms with E-state index in [0.29, 0.717) is 11.8 Å². The minimum absolute atomic E-state index is 0. The summed E-state index contributed by atoms with van der Waals surface area (Å²) >= 11 is 0. The van der Waals surface area contributed by atoms with Crippen LogP contribution in [0.4, 0.5) is 0 Å². The second-order valence-electron chi connectivity index (χ2n) is 7.24. The van der Waals surface area contributed by atoms with Crippen molar-refractivity contribution in [2.45, 2.75) is 25.7 Å². The largest absolute Gasteiger partial charge is 0.103 e. The molecule has 0 saturated carbocycles. The number of benzene rings is 2. The van der Waals surface area contributed by atoms with E-state index in [9.17, 15) is 0 Å². The van der Waals surface area contributed by atoms with Gasteiger partial charge in [0.1, 0.15) is 0 Å². The van der Waals surface area contributed by atoms with Crippen molar-refractivity contribution in [1.29, 1.82) is 0 Å². The van der Waals surface area contributed by atoms with Crippen LogP contribution in [0.3, 0.4) is 0 Å². The predicted molar refractivity (Wildman–Crippen MR) is 103 cm³/mol. The standard InChI is InChI=1S/C24H24.Hf/c1-3-4-17-24(2,18-11-5-6-12-18)23-21-15-9-7-13-19(21)20-14-8-10-16-22(20)23;/h3,5-16,18,23H,1,4,17H2,2H3;. The van der Waals surface area contributed by atoms with Gasteiger partial charge in [0.25, 0.3) is 0 Å². The molecule has 0 bridgehead atoms. The number of allylic oxidation sites excluding steroid dienone is 5. The van der Waals surface area contributed by atoms with Crippen LogP contribution in [0, 0.1) is 11.3 Å². The first-order valence-electron chi connectivity index (χ1n) is 8.90. The van der Waals surface area contributed by atoms with E-state index in [1.807, 2.05) is 0 Å². The van der Waals surface area contributed by atoms with Gasteiger partial charge in [-0.15, -0.1) is 6.58 Å². The summed E-state index contributed by atoms with van der Waals surface area (Å²) in [6.45, 7) is 6.43. The third-order valence-corrected chi connectivity index (χ3v) is 5.89. The number of hydrogen-bond donors (Lipinski definition) is 0. The monoisotopic (exact) mass is 492 g/mol. The fourth-order valence-corrected chi connectivity index (χ4v) is 4.65. The zero-order valence-corrected chi connectivity index (χ0v) is 18.4. The van der Waals surface area contributed by atoms with Gasteiger partial charge >= 0.3 is 0 Å². The Morgan fingerprint density at radius 1 is 0.920 bits per heavy atom. The Labute approximate surface area is 170 Å². The van der Waals surface area contributed by atoms with Crippen LogP contribution < -0.4 is 0 Å². The molecule has 0 heterocycles. The number of hydrogen-bond acceptors (Lipinski definition) is 0. The fourth-order valence-electron chi connectivity index (χ4n) is 4.65. The van der Waals surface area contributed by atoms with Crippen molar-refractivity contribution < 1.29 is 25.8 Å². The van der Waals surface area contributed by atoms with Crippen LogP contribution in [0.5, 0.6) is 0 Å².